The molecule has 0 fully saturated rings. The van der Waals surface area contributed by atoms with E-state index in [0.29, 0.717) is 0 Å². The molecule has 1 atom stereocenters. The van der Waals surface area contributed by atoms with E-state index in [1.54, 1.807) is 6.92 Å². The SMILES string of the molecule is C[C@@H](Nc1ccc(Br)cc1)C(=O)NC(=O)NC(C)(C)C. The Bertz CT molecular complexity index is 480. The fourth-order valence-corrected chi connectivity index (χ4v) is 1.72. The van der Waals surface area contributed by atoms with E-state index in [4.69, 9.17) is 0 Å². The molecule has 0 unspecified atom stereocenters. The van der Waals surface area contributed by atoms with E-state index in [9.17, 15) is 9.59 Å². The number of carbonyl (C=O) groups is 2. The highest BCUT2D eigenvalue weighted by molar-refractivity contribution is 9.10. The van der Waals surface area contributed by atoms with Crippen molar-refractivity contribution in [2.45, 2.75) is 39.3 Å². The van der Waals surface area contributed by atoms with Crippen molar-refractivity contribution < 1.29 is 9.59 Å². The van der Waals surface area contributed by atoms with Gasteiger partial charge >= 0.3 is 6.03 Å². The molecule has 0 aliphatic rings. The van der Waals surface area contributed by atoms with Gasteiger partial charge in [0.05, 0.1) is 0 Å². The van der Waals surface area contributed by atoms with E-state index in [-0.39, 0.29) is 11.4 Å². The molecule has 5 nitrogen and oxygen atoms in total. The highest BCUT2D eigenvalue weighted by atomic mass is 79.9. The maximum Gasteiger partial charge on any atom is 0.321 e. The molecule has 0 bridgehead atoms. The van der Waals surface area contributed by atoms with Gasteiger partial charge in [-0.05, 0) is 52.0 Å². The number of rotatable bonds is 3. The van der Waals surface area contributed by atoms with Crippen LogP contribution >= 0.6 is 15.9 Å². The minimum Gasteiger partial charge on any atom is -0.374 e. The van der Waals surface area contributed by atoms with Crippen LogP contribution in [0.4, 0.5) is 10.5 Å². The van der Waals surface area contributed by atoms with Crippen LogP contribution in [0.2, 0.25) is 0 Å². The fourth-order valence-electron chi connectivity index (χ4n) is 1.45. The molecule has 0 spiro atoms. The number of nitrogens with one attached hydrogen (secondary N) is 3. The summed E-state index contributed by atoms with van der Waals surface area (Å²) in [7, 11) is 0. The lowest BCUT2D eigenvalue weighted by molar-refractivity contribution is -0.120. The van der Waals surface area contributed by atoms with Gasteiger partial charge in [-0.3, -0.25) is 10.1 Å². The van der Waals surface area contributed by atoms with E-state index in [1.165, 1.54) is 0 Å². The van der Waals surface area contributed by atoms with Gasteiger partial charge in [-0.1, -0.05) is 15.9 Å². The zero-order chi connectivity index (χ0) is 15.3. The third-order valence-electron chi connectivity index (χ3n) is 2.35. The quantitative estimate of drug-likeness (QED) is 0.791. The van der Waals surface area contributed by atoms with Crippen LogP contribution in [0, 0.1) is 0 Å². The Balaban J connectivity index is 2.51. The first-order chi connectivity index (χ1) is 9.17. The van der Waals surface area contributed by atoms with Crippen LogP contribution in [0.15, 0.2) is 28.7 Å². The maximum atomic E-state index is 11.9. The fraction of sp³-hybridized carbons (Fsp3) is 0.429. The Kier molecular flexibility index (Phi) is 5.56. The molecular weight excluding hydrogens is 322 g/mol. The van der Waals surface area contributed by atoms with Crippen molar-refractivity contribution in [1.29, 1.82) is 0 Å². The first-order valence-corrected chi connectivity index (χ1v) is 7.12. The van der Waals surface area contributed by atoms with E-state index >= 15 is 0 Å². The Hall–Kier alpha value is -1.56. The van der Waals surface area contributed by atoms with Gasteiger partial charge < -0.3 is 10.6 Å². The molecule has 0 aromatic heterocycles. The molecular formula is C14H20BrN3O2. The van der Waals surface area contributed by atoms with Crippen LogP contribution in [0.5, 0.6) is 0 Å². The molecule has 3 N–H and O–H groups in total. The van der Waals surface area contributed by atoms with Gasteiger partial charge in [0.15, 0.2) is 0 Å². The summed E-state index contributed by atoms with van der Waals surface area (Å²) in [5, 5.41) is 8.00. The third kappa shape index (κ3) is 6.06. The van der Waals surface area contributed by atoms with Gasteiger partial charge in [-0.15, -0.1) is 0 Å². The standard InChI is InChI=1S/C14H20BrN3O2/c1-9(16-11-7-5-10(15)6-8-11)12(19)17-13(20)18-14(2,3)4/h5-9,16H,1-4H3,(H2,17,18,19,20)/t9-/m1/s1. The number of imide groups is 1. The van der Waals surface area contributed by atoms with Crippen LogP contribution in [-0.4, -0.2) is 23.5 Å². The summed E-state index contributed by atoms with van der Waals surface area (Å²) in [4.78, 5) is 23.5. The van der Waals surface area contributed by atoms with Gasteiger partial charge in [-0.2, -0.15) is 0 Å². The van der Waals surface area contributed by atoms with Crippen LogP contribution in [0.1, 0.15) is 27.7 Å². The minimum atomic E-state index is -0.512. The summed E-state index contributed by atoms with van der Waals surface area (Å²) in [6.45, 7) is 7.24. The summed E-state index contributed by atoms with van der Waals surface area (Å²) in [5.41, 5.74) is 0.430. The number of amides is 3. The molecule has 1 aromatic carbocycles. The molecule has 110 valence electrons. The van der Waals surface area contributed by atoms with Crippen molar-refractivity contribution in [3.63, 3.8) is 0 Å². The van der Waals surface area contributed by atoms with Crippen molar-refractivity contribution in [3.05, 3.63) is 28.7 Å². The maximum absolute atomic E-state index is 11.9. The average molecular weight is 342 g/mol. The first-order valence-electron chi connectivity index (χ1n) is 6.32. The van der Waals surface area contributed by atoms with Crippen molar-refractivity contribution in [3.8, 4) is 0 Å². The van der Waals surface area contributed by atoms with Crippen LogP contribution < -0.4 is 16.0 Å². The molecule has 0 radical (unpaired) electrons. The van der Waals surface area contributed by atoms with E-state index in [2.05, 4.69) is 31.9 Å². The number of hydrogen-bond acceptors (Lipinski definition) is 3. The van der Waals surface area contributed by atoms with E-state index in [1.807, 2.05) is 45.0 Å². The molecule has 0 aliphatic carbocycles. The number of carbonyl (C=O) groups excluding carboxylic acids is 2. The molecule has 3 amide bonds. The van der Waals surface area contributed by atoms with Crippen molar-refractivity contribution in [2.24, 2.45) is 0 Å². The zero-order valence-electron chi connectivity index (χ0n) is 12.1. The normalized spacial score (nSPS) is 12.4. The van der Waals surface area contributed by atoms with Crippen LogP contribution in [0.25, 0.3) is 0 Å². The van der Waals surface area contributed by atoms with Crippen molar-refractivity contribution >= 4 is 33.6 Å². The van der Waals surface area contributed by atoms with Gasteiger partial charge in [0.2, 0.25) is 5.91 Å². The topological polar surface area (TPSA) is 70.2 Å². The summed E-state index contributed by atoms with van der Waals surface area (Å²) in [6.07, 6.45) is 0. The Morgan fingerprint density at radius 3 is 2.20 bits per heavy atom. The van der Waals surface area contributed by atoms with Crippen LogP contribution in [-0.2, 0) is 4.79 Å². The Labute approximate surface area is 127 Å². The van der Waals surface area contributed by atoms with E-state index in [0.717, 1.165) is 10.2 Å². The zero-order valence-corrected chi connectivity index (χ0v) is 13.7. The average Bonchev–Trinajstić information content (AvgIpc) is 2.29. The number of urea groups is 1. The number of benzene rings is 1. The van der Waals surface area contributed by atoms with Gasteiger partial charge in [0, 0.05) is 15.7 Å². The monoisotopic (exact) mass is 341 g/mol. The van der Waals surface area contributed by atoms with Gasteiger partial charge in [-0.25, -0.2) is 4.79 Å². The van der Waals surface area contributed by atoms with Gasteiger partial charge in [0.1, 0.15) is 6.04 Å². The highest BCUT2D eigenvalue weighted by Crippen LogP contribution is 2.14. The highest BCUT2D eigenvalue weighted by Gasteiger charge is 2.19. The second-order valence-electron chi connectivity index (χ2n) is 5.57. The predicted octanol–water partition coefficient (Wildman–Crippen LogP) is 2.87. The number of hydrogen-bond donors (Lipinski definition) is 3. The van der Waals surface area contributed by atoms with Crippen LogP contribution in [0.3, 0.4) is 0 Å². The molecule has 20 heavy (non-hydrogen) atoms. The molecule has 6 heteroatoms. The summed E-state index contributed by atoms with van der Waals surface area (Å²) >= 11 is 3.34. The lowest BCUT2D eigenvalue weighted by atomic mass is 10.1. The second-order valence-corrected chi connectivity index (χ2v) is 6.48. The lowest BCUT2D eigenvalue weighted by Gasteiger charge is -2.21. The third-order valence-corrected chi connectivity index (χ3v) is 2.87. The smallest absolute Gasteiger partial charge is 0.321 e. The largest absolute Gasteiger partial charge is 0.374 e. The number of anilines is 1. The molecule has 0 saturated heterocycles. The Morgan fingerprint density at radius 2 is 1.70 bits per heavy atom. The number of halogens is 1. The lowest BCUT2D eigenvalue weighted by Crippen LogP contribution is -2.51. The Morgan fingerprint density at radius 1 is 1.15 bits per heavy atom. The predicted molar refractivity (Wildman–Crippen MR) is 83.7 cm³/mol. The minimum absolute atomic E-state index is 0.380. The first kappa shape index (κ1) is 16.5. The molecule has 0 aliphatic heterocycles. The van der Waals surface area contributed by atoms with Gasteiger partial charge in [0.25, 0.3) is 0 Å². The summed E-state index contributed by atoms with van der Waals surface area (Å²) < 4.78 is 0.963. The molecule has 0 saturated carbocycles. The molecule has 0 heterocycles. The van der Waals surface area contributed by atoms with Crippen molar-refractivity contribution in [1.82, 2.24) is 10.6 Å². The molecule has 1 aromatic rings. The summed E-state index contributed by atoms with van der Waals surface area (Å²) in [6, 6.07) is 6.44. The second kappa shape index (κ2) is 6.74. The summed E-state index contributed by atoms with van der Waals surface area (Å²) in [5.74, 6) is -0.380. The van der Waals surface area contributed by atoms with Crippen molar-refractivity contribution in [2.75, 3.05) is 5.32 Å². The molecule has 1 rings (SSSR count). The van der Waals surface area contributed by atoms with E-state index < -0.39 is 12.1 Å².